The molecule has 166 valence electrons. The summed E-state index contributed by atoms with van der Waals surface area (Å²) >= 11 is 5.80. The highest BCUT2D eigenvalue weighted by Crippen LogP contribution is 2.35. The molecule has 0 bridgehead atoms. The normalized spacial score (nSPS) is 11.4. The first-order valence-corrected chi connectivity index (χ1v) is 8.79. The number of ether oxygens (including phenoxy) is 1. The third kappa shape index (κ3) is 4.92. The fraction of sp³-hybridized carbons (Fsp3) is 0.167. The van der Waals surface area contributed by atoms with Gasteiger partial charge in [-0.25, -0.2) is 18.9 Å². The lowest BCUT2D eigenvalue weighted by Gasteiger charge is -2.15. The van der Waals surface area contributed by atoms with Crippen LogP contribution in [0.5, 0.6) is 11.5 Å². The van der Waals surface area contributed by atoms with Gasteiger partial charge in [0.2, 0.25) is 5.75 Å². The molecule has 0 spiro atoms. The number of H-pyrrole nitrogens is 1. The molecule has 1 aromatic carbocycles. The first-order valence-electron chi connectivity index (χ1n) is 8.41. The molecule has 32 heavy (non-hydrogen) atoms. The van der Waals surface area contributed by atoms with Crippen LogP contribution in [0.25, 0.3) is 0 Å². The maximum absolute atomic E-state index is 13.4. The van der Waals surface area contributed by atoms with E-state index in [1.807, 2.05) is 5.10 Å². The molecule has 0 atom stereocenters. The number of nitriles is 1. The number of alkyl halides is 5. The summed E-state index contributed by atoms with van der Waals surface area (Å²) in [6.45, 7) is -0.698. The zero-order valence-electron chi connectivity index (χ0n) is 15.5. The minimum atomic E-state index is -5.10. The third-order valence-electron chi connectivity index (χ3n) is 3.95. The van der Waals surface area contributed by atoms with Gasteiger partial charge in [-0.3, -0.25) is 14.2 Å². The lowest BCUT2D eigenvalue weighted by atomic mass is 10.2. The van der Waals surface area contributed by atoms with Crippen LogP contribution in [-0.4, -0.2) is 19.7 Å². The summed E-state index contributed by atoms with van der Waals surface area (Å²) in [6.07, 6.45) is -7.64. The number of rotatable bonds is 5. The van der Waals surface area contributed by atoms with Crippen molar-refractivity contribution in [3.63, 3.8) is 0 Å². The molecule has 0 aliphatic heterocycles. The van der Waals surface area contributed by atoms with E-state index in [1.54, 1.807) is 6.07 Å². The molecule has 0 saturated heterocycles. The van der Waals surface area contributed by atoms with Gasteiger partial charge in [0.15, 0.2) is 5.69 Å². The minimum Gasteiger partial charge on any atom is -0.449 e. The van der Waals surface area contributed by atoms with Crippen molar-refractivity contribution in [1.29, 1.82) is 5.26 Å². The second-order valence-corrected chi connectivity index (χ2v) is 6.63. The third-order valence-corrected chi connectivity index (χ3v) is 4.17. The molecule has 0 radical (unpaired) electrons. The SMILES string of the molecule is N#Cc1cc(Cl)cc(Oc2c(C(F)(F)F)ncn(Cc3cc(C(F)F)n[nH]c3=O)c2=O)c1. The van der Waals surface area contributed by atoms with Crippen molar-refractivity contribution in [3.05, 3.63) is 78.8 Å². The van der Waals surface area contributed by atoms with E-state index in [0.717, 1.165) is 12.1 Å². The lowest BCUT2D eigenvalue weighted by Crippen LogP contribution is -2.29. The molecule has 0 unspecified atom stereocenters. The van der Waals surface area contributed by atoms with Gasteiger partial charge < -0.3 is 4.74 Å². The summed E-state index contributed by atoms with van der Waals surface area (Å²) in [6, 6.07) is 5.78. The van der Waals surface area contributed by atoms with Crippen LogP contribution in [0.4, 0.5) is 22.0 Å². The fourth-order valence-electron chi connectivity index (χ4n) is 2.56. The highest BCUT2D eigenvalue weighted by atomic mass is 35.5. The second-order valence-electron chi connectivity index (χ2n) is 6.19. The number of hydrogen-bond donors (Lipinski definition) is 1. The van der Waals surface area contributed by atoms with E-state index < -0.39 is 47.4 Å². The molecular formula is C18H9ClF5N5O3. The molecule has 3 aromatic rings. The predicted molar refractivity (Wildman–Crippen MR) is 98.7 cm³/mol. The average Bonchev–Trinajstić information content (AvgIpc) is 2.70. The van der Waals surface area contributed by atoms with E-state index in [-0.39, 0.29) is 21.9 Å². The van der Waals surface area contributed by atoms with Crippen LogP contribution >= 0.6 is 11.6 Å². The lowest BCUT2D eigenvalue weighted by molar-refractivity contribution is -0.142. The largest absolute Gasteiger partial charge is 0.449 e. The molecule has 8 nitrogen and oxygen atoms in total. The summed E-state index contributed by atoms with van der Waals surface area (Å²) in [5, 5.41) is 13.9. The fourth-order valence-corrected chi connectivity index (χ4v) is 2.78. The minimum absolute atomic E-state index is 0.0420. The van der Waals surface area contributed by atoms with Crippen molar-refractivity contribution >= 4 is 11.6 Å². The van der Waals surface area contributed by atoms with Crippen molar-refractivity contribution in [2.75, 3.05) is 0 Å². The van der Waals surface area contributed by atoms with Crippen molar-refractivity contribution in [3.8, 4) is 17.6 Å². The number of benzene rings is 1. The van der Waals surface area contributed by atoms with Crippen LogP contribution in [0.3, 0.4) is 0 Å². The maximum Gasteiger partial charge on any atom is 0.437 e. The number of aromatic amines is 1. The first kappa shape index (κ1) is 22.9. The zero-order chi connectivity index (χ0) is 23.6. The summed E-state index contributed by atoms with van der Waals surface area (Å²) in [4.78, 5) is 27.8. The number of halogens is 6. The van der Waals surface area contributed by atoms with E-state index >= 15 is 0 Å². The Morgan fingerprint density at radius 3 is 2.56 bits per heavy atom. The smallest absolute Gasteiger partial charge is 0.437 e. The van der Waals surface area contributed by atoms with Crippen LogP contribution in [0.15, 0.2) is 40.2 Å². The molecule has 2 heterocycles. The van der Waals surface area contributed by atoms with E-state index in [9.17, 15) is 31.5 Å². The molecule has 3 rings (SSSR count). The molecule has 1 N–H and O–H groups in total. The van der Waals surface area contributed by atoms with E-state index in [0.29, 0.717) is 17.0 Å². The van der Waals surface area contributed by atoms with Crippen molar-refractivity contribution in [1.82, 2.24) is 19.7 Å². The Morgan fingerprint density at radius 1 is 1.22 bits per heavy atom. The molecule has 0 amide bonds. The molecule has 0 fully saturated rings. The van der Waals surface area contributed by atoms with Crippen LogP contribution in [-0.2, 0) is 12.7 Å². The molecule has 14 heteroatoms. The van der Waals surface area contributed by atoms with E-state index in [1.165, 1.54) is 6.07 Å². The van der Waals surface area contributed by atoms with Crippen LogP contribution < -0.4 is 15.9 Å². The first-order chi connectivity index (χ1) is 15.0. The molecule has 2 aromatic heterocycles. The molecule has 0 saturated carbocycles. The van der Waals surface area contributed by atoms with Gasteiger partial charge in [0, 0.05) is 10.6 Å². The molecular weight excluding hydrogens is 465 g/mol. The average molecular weight is 474 g/mol. The van der Waals surface area contributed by atoms with Gasteiger partial charge in [0.05, 0.1) is 24.5 Å². The van der Waals surface area contributed by atoms with Crippen LogP contribution in [0.1, 0.15) is 28.9 Å². The van der Waals surface area contributed by atoms with E-state index in [4.69, 9.17) is 21.6 Å². The van der Waals surface area contributed by atoms with Crippen molar-refractivity contribution < 1.29 is 26.7 Å². The summed E-state index contributed by atoms with van der Waals surface area (Å²) < 4.78 is 71.5. The van der Waals surface area contributed by atoms with Crippen LogP contribution in [0, 0.1) is 11.3 Å². The number of hydrogen-bond acceptors (Lipinski definition) is 6. The Labute approximate surface area is 179 Å². The van der Waals surface area contributed by atoms with Gasteiger partial charge in [-0.15, -0.1) is 0 Å². The summed E-state index contributed by atoms with van der Waals surface area (Å²) in [5.74, 6) is -1.61. The molecule has 0 aliphatic carbocycles. The summed E-state index contributed by atoms with van der Waals surface area (Å²) in [5.41, 5.74) is -5.19. The van der Waals surface area contributed by atoms with Gasteiger partial charge in [-0.2, -0.15) is 23.5 Å². The van der Waals surface area contributed by atoms with Crippen molar-refractivity contribution in [2.45, 2.75) is 19.1 Å². The maximum atomic E-state index is 13.4. The highest BCUT2D eigenvalue weighted by molar-refractivity contribution is 6.30. The van der Waals surface area contributed by atoms with Gasteiger partial charge in [0.25, 0.3) is 17.5 Å². The monoisotopic (exact) mass is 473 g/mol. The molecule has 0 aliphatic rings. The zero-order valence-corrected chi connectivity index (χ0v) is 16.2. The topological polar surface area (TPSA) is 114 Å². The Morgan fingerprint density at radius 2 is 1.94 bits per heavy atom. The van der Waals surface area contributed by atoms with Gasteiger partial charge in [-0.1, -0.05) is 11.6 Å². The predicted octanol–water partition coefficient (Wildman–Crippen LogP) is 3.65. The Balaban J connectivity index is 2.11. The van der Waals surface area contributed by atoms with Crippen molar-refractivity contribution in [2.24, 2.45) is 0 Å². The van der Waals surface area contributed by atoms with Crippen LogP contribution in [0.2, 0.25) is 5.02 Å². The second kappa shape index (κ2) is 8.75. The quantitative estimate of drug-likeness (QED) is 0.566. The standard InChI is InChI=1S/C18H9ClF5N5O3/c19-10-1-8(5-25)2-11(4-10)32-13-14(18(22,23)24)26-7-29(17(13)31)6-9-3-12(15(20)21)27-28-16(9)30/h1-4,7,15H,6H2,(H,28,30). The number of nitrogens with zero attached hydrogens (tertiary/aromatic N) is 4. The Hall–Kier alpha value is -3.79. The van der Waals surface area contributed by atoms with Gasteiger partial charge in [0.1, 0.15) is 11.4 Å². The number of nitrogens with one attached hydrogen (secondary N) is 1. The van der Waals surface area contributed by atoms with Gasteiger partial charge >= 0.3 is 6.18 Å². The Kier molecular flexibility index (Phi) is 6.26. The summed E-state index contributed by atoms with van der Waals surface area (Å²) in [7, 11) is 0. The van der Waals surface area contributed by atoms with E-state index in [2.05, 4.69) is 10.1 Å². The highest BCUT2D eigenvalue weighted by Gasteiger charge is 2.38. The Bertz CT molecular complexity index is 1330. The number of aromatic nitrogens is 4. The van der Waals surface area contributed by atoms with Gasteiger partial charge in [-0.05, 0) is 24.3 Å².